The van der Waals surface area contributed by atoms with Crippen molar-refractivity contribution in [2.75, 3.05) is 19.0 Å². The topological polar surface area (TPSA) is 37.4 Å². The Hall–Kier alpha value is -0.790. The van der Waals surface area contributed by atoms with E-state index in [0.717, 1.165) is 4.31 Å². The minimum atomic E-state index is -4.38. The highest BCUT2D eigenvalue weighted by atomic mass is 35.5. The molecule has 0 unspecified atom stereocenters. The second-order valence-corrected chi connectivity index (χ2v) is 6.40. The summed E-state index contributed by atoms with van der Waals surface area (Å²) in [6.07, 6.45) is 1.24. The fourth-order valence-corrected chi connectivity index (χ4v) is 3.56. The summed E-state index contributed by atoms with van der Waals surface area (Å²) in [6, 6.07) is 0.684. The zero-order chi connectivity index (χ0) is 15.3. The number of halogens is 4. The van der Waals surface area contributed by atoms with Crippen molar-refractivity contribution in [2.24, 2.45) is 0 Å². The van der Waals surface area contributed by atoms with Crippen molar-refractivity contribution in [3.63, 3.8) is 0 Å². The molecule has 8 heteroatoms. The highest BCUT2D eigenvalue weighted by Gasteiger charge is 2.30. The van der Waals surface area contributed by atoms with Crippen LogP contribution in [0.3, 0.4) is 0 Å². The Morgan fingerprint density at radius 1 is 1.15 bits per heavy atom. The lowest BCUT2D eigenvalue weighted by Gasteiger charge is -2.21. The van der Waals surface area contributed by atoms with Gasteiger partial charge in [-0.2, -0.15) is 4.31 Å². The molecular weight excluding hydrogens is 315 g/mol. The fraction of sp³-hybridized carbons (Fsp3) is 0.500. The van der Waals surface area contributed by atoms with Gasteiger partial charge in [-0.05, 0) is 6.42 Å². The number of rotatable bonds is 7. The van der Waals surface area contributed by atoms with Crippen LogP contribution in [0, 0.1) is 17.5 Å². The normalized spacial score (nSPS) is 12.1. The molecule has 114 valence electrons. The Balaban J connectivity index is 3.26. The Morgan fingerprint density at radius 3 is 2.15 bits per heavy atom. The molecule has 0 aliphatic carbocycles. The van der Waals surface area contributed by atoms with Crippen LogP contribution in [0.1, 0.15) is 19.8 Å². The first-order valence-corrected chi connectivity index (χ1v) is 8.02. The van der Waals surface area contributed by atoms with Crippen LogP contribution >= 0.6 is 11.6 Å². The molecule has 0 amide bonds. The number of hydrogen-bond acceptors (Lipinski definition) is 2. The molecule has 0 N–H and O–H groups in total. The van der Waals surface area contributed by atoms with E-state index in [1.54, 1.807) is 0 Å². The average molecular weight is 330 g/mol. The van der Waals surface area contributed by atoms with Crippen LogP contribution in [0.2, 0.25) is 0 Å². The van der Waals surface area contributed by atoms with Crippen LogP contribution in [0.15, 0.2) is 17.0 Å². The lowest BCUT2D eigenvalue weighted by molar-refractivity contribution is 0.409. The van der Waals surface area contributed by atoms with E-state index in [4.69, 9.17) is 11.6 Å². The van der Waals surface area contributed by atoms with Crippen molar-refractivity contribution in [1.82, 2.24) is 4.31 Å². The first-order chi connectivity index (χ1) is 9.34. The molecule has 0 aromatic heterocycles. The molecule has 0 saturated carbocycles. The van der Waals surface area contributed by atoms with E-state index in [1.807, 2.05) is 6.92 Å². The van der Waals surface area contributed by atoms with Crippen molar-refractivity contribution in [3.05, 3.63) is 29.6 Å². The van der Waals surface area contributed by atoms with E-state index in [0.29, 0.717) is 25.0 Å². The lowest BCUT2D eigenvalue weighted by atomic mass is 10.3. The van der Waals surface area contributed by atoms with Crippen molar-refractivity contribution < 1.29 is 21.6 Å². The van der Waals surface area contributed by atoms with Gasteiger partial charge in [0.1, 0.15) is 17.5 Å². The van der Waals surface area contributed by atoms with Crippen molar-refractivity contribution >= 4 is 21.6 Å². The maximum absolute atomic E-state index is 13.6. The van der Waals surface area contributed by atoms with E-state index >= 15 is 0 Å². The van der Waals surface area contributed by atoms with Crippen LogP contribution in [-0.2, 0) is 10.0 Å². The zero-order valence-electron chi connectivity index (χ0n) is 10.9. The van der Waals surface area contributed by atoms with E-state index in [2.05, 4.69) is 0 Å². The summed E-state index contributed by atoms with van der Waals surface area (Å²) in [5.74, 6) is -4.07. The molecule has 1 aromatic carbocycles. The Kier molecular flexibility index (Phi) is 6.29. The molecule has 0 saturated heterocycles. The third-order valence-corrected chi connectivity index (χ3v) is 4.78. The molecule has 1 aromatic rings. The molecule has 0 aliphatic rings. The third-order valence-electron chi connectivity index (χ3n) is 2.66. The Bertz CT molecular complexity index is 543. The molecule has 0 atom stereocenters. The maximum atomic E-state index is 13.6. The maximum Gasteiger partial charge on any atom is 0.248 e. The van der Waals surface area contributed by atoms with Crippen LogP contribution in [0.5, 0.6) is 0 Å². The quantitative estimate of drug-likeness (QED) is 0.721. The summed E-state index contributed by atoms with van der Waals surface area (Å²) in [7, 11) is -4.38. The predicted molar refractivity (Wildman–Crippen MR) is 70.7 cm³/mol. The van der Waals surface area contributed by atoms with Crippen LogP contribution in [0.25, 0.3) is 0 Å². The predicted octanol–water partition coefficient (Wildman–Crippen LogP) is 3.13. The minimum Gasteiger partial charge on any atom is -0.207 e. The minimum absolute atomic E-state index is 0.00657. The van der Waals surface area contributed by atoms with Crippen molar-refractivity contribution in [3.8, 4) is 0 Å². The number of alkyl halides is 1. The van der Waals surface area contributed by atoms with Crippen molar-refractivity contribution in [2.45, 2.75) is 24.7 Å². The number of nitrogens with zero attached hydrogens (tertiary/aromatic N) is 1. The van der Waals surface area contributed by atoms with E-state index in [1.165, 1.54) is 0 Å². The van der Waals surface area contributed by atoms with Crippen LogP contribution < -0.4 is 0 Å². The van der Waals surface area contributed by atoms with E-state index in [-0.39, 0.29) is 19.0 Å². The summed E-state index contributed by atoms with van der Waals surface area (Å²) in [4.78, 5) is -1.14. The summed E-state index contributed by atoms with van der Waals surface area (Å²) < 4.78 is 65.5. The molecule has 20 heavy (non-hydrogen) atoms. The van der Waals surface area contributed by atoms with Gasteiger partial charge in [0.25, 0.3) is 0 Å². The zero-order valence-corrected chi connectivity index (χ0v) is 12.4. The molecule has 0 spiro atoms. The van der Waals surface area contributed by atoms with E-state index in [9.17, 15) is 21.6 Å². The first kappa shape index (κ1) is 17.3. The number of hydrogen-bond donors (Lipinski definition) is 0. The summed E-state index contributed by atoms with van der Waals surface area (Å²) in [6.45, 7) is 1.88. The van der Waals surface area contributed by atoms with Crippen LogP contribution in [-0.4, -0.2) is 31.7 Å². The van der Waals surface area contributed by atoms with Gasteiger partial charge in [-0.3, -0.25) is 0 Å². The highest BCUT2D eigenvalue weighted by molar-refractivity contribution is 7.89. The van der Waals surface area contributed by atoms with Gasteiger partial charge in [0, 0.05) is 31.1 Å². The van der Waals surface area contributed by atoms with Gasteiger partial charge in [0.2, 0.25) is 10.0 Å². The number of sulfonamides is 1. The average Bonchev–Trinajstić information content (AvgIpc) is 2.32. The molecule has 0 heterocycles. The monoisotopic (exact) mass is 329 g/mol. The molecule has 0 aliphatic heterocycles. The standard InChI is InChI=1S/C12H15ClF3NO2S/c1-2-3-5-17(6-4-13)20(18,19)12-10(15)7-9(14)8-11(12)16/h7-8H,2-6H2,1H3. The largest absolute Gasteiger partial charge is 0.248 e. The highest BCUT2D eigenvalue weighted by Crippen LogP contribution is 2.24. The summed E-state index contributed by atoms with van der Waals surface area (Å²) in [5.41, 5.74) is 0. The van der Waals surface area contributed by atoms with Gasteiger partial charge in [0.05, 0.1) is 0 Å². The second-order valence-electron chi connectivity index (χ2n) is 4.15. The summed E-state index contributed by atoms with van der Waals surface area (Å²) in [5, 5.41) is 0. The van der Waals surface area contributed by atoms with Gasteiger partial charge in [-0.25, -0.2) is 21.6 Å². The summed E-state index contributed by atoms with van der Waals surface area (Å²) >= 11 is 5.52. The molecule has 3 nitrogen and oxygen atoms in total. The molecular formula is C12H15ClF3NO2S. The molecule has 1 rings (SSSR count). The lowest BCUT2D eigenvalue weighted by Crippen LogP contribution is -2.34. The van der Waals surface area contributed by atoms with Gasteiger partial charge in [-0.15, -0.1) is 11.6 Å². The fourth-order valence-electron chi connectivity index (χ4n) is 1.69. The molecule has 0 fully saturated rings. The van der Waals surface area contributed by atoms with Gasteiger partial charge in [0.15, 0.2) is 4.90 Å². The third kappa shape index (κ3) is 3.86. The second kappa shape index (κ2) is 7.28. The number of unbranched alkanes of at least 4 members (excludes halogenated alkanes) is 1. The smallest absolute Gasteiger partial charge is 0.207 e. The van der Waals surface area contributed by atoms with Gasteiger partial charge in [-0.1, -0.05) is 13.3 Å². The van der Waals surface area contributed by atoms with Crippen LogP contribution in [0.4, 0.5) is 13.2 Å². The van der Waals surface area contributed by atoms with Gasteiger partial charge >= 0.3 is 0 Å². The first-order valence-electron chi connectivity index (χ1n) is 6.05. The molecule has 0 bridgehead atoms. The number of benzene rings is 1. The molecule has 0 radical (unpaired) electrons. The Labute approximate surface area is 121 Å². The SMILES string of the molecule is CCCCN(CCCl)S(=O)(=O)c1c(F)cc(F)cc1F. The Morgan fingerprint density at radius 2 is 1.70 bits per heavy atom. The van der Waals surface area contributed by atoms with Crippen molar-refractivity contribution in [1.29, 1.82) is 0 Å². The van der Waals surface area contributed by atoms with E-state index < -0.39 is 32.4 Å². The van der Waals surface area contributed by atoms with Gasteiger partial charge < -0.3 is 0 Å².